The Morgan fingerprint density at radius 3 is 2.71 bits per heavy atom. The van der Waals surface area contributed by atoms with Gasteiger partial charge in [0.05, 0.1) is 6.42 Å². The van der Waals surface area contributed by atoms with Crippen LogP contribution in [0.2, 0.25) is 0 Å². The molecule has 1 aliphatic heterocycles. The summed E-state index contributed by atoms with van der Waals surface area (Å²) < 4.78 is 0. The summed E-state index contributed by atoms with van der Waals surface area (Å²) in [6, 6.07) is 8.12. The Morgan fingerprint density at radius 2 is 2.05 bits per heavy atom. The monoisotopic (exact) mass is 309 g/mol. The van der Waals surface area contributed by atoms with Crippen LogP contribution in [0.4, 0.5) is 5.69 Å². The molecule has 3 amide bonds. The molecular formula is C14H16ClN3O3. The molecule has 1 fully saturated rings. The van der Waals surface area contributed by atoms with E-state index in [4.69, 9.17) is 11.6 Å². The number of hydrogen-bond donors (Lipinski definition) is 2. The first-order chi connectivity index (χ1) is 10.1. The molecule has 1 atom stereocenters. The number of halogens is 1. The molecule has 0 spiro atoms. The molecule has 1 aromatic carbocycles. The molecule has 7 heteroatoms. The molecule has 2 rings (SSSR count). The SMILES string of the molecule is O=C(C[C@@H]1C(=O)NCCN1C(=O)CCl)Nc1ccccc1. The van der Waals surface area contributed by atoms with Gasteiger partial charge in [-0.3, -0.25) is 14.4 Å². The van der Waals surface area contributed by atoms with Crippen molar-refractivity contribution in [1.82, 2.24) is 10.2 Å². The van der Waals surface area contributed by atoms with Gasteiger partial charge < -0.3 is 15.5 Å². The lowest BCUT2D eigenvalue weighted by atomic mass is 10.1. The number of piperazine rings is 1. The number of nitrogens with one attached hydrogen (secondary N) is 2. The second-order valence-electron chi connectivity index (χ2n) is 4.65. The maximum atomic E-state index is 12.0. The number of carbonyl (C=O) groups excluding carboxylic acids is 3. The van der Waals surface area contributed by atoms with E-state index in [2.05, 4.69) is 10.6 Å². The highest BCUT2D eigenvalue weighted by atomic mass is 35.5. The number of nitrogens with zero attached hydrogens (tertiary/aromatic N) is 1. The Labute approximate surface area is 127 Å². The number of anilines is 1. The van der Waals surface area contributed by atoms with E-state index in [1.165, 1.54) is 4.90 Å². The minimum Gasteiger partial charge on any atom is -0.353 e. The number of para-hydroxylation sites is 1. The van der Waals surface area contributed by atoms with Gasteiger partial charge in [0.25, 0.3) is 0 Å². The van der Waals surface area contributed by atoms with Crippen molar-refractivity contribution in [3.8, 4) is 0 Å². The maximum absolute atomic E-state index is 12.0. The Balaban J connectivity index is 2.02. The number of benzene rings is 1. The van der Waals surface area contributed by atoms with Gasteiger partial charge in [0.1, 0.15) is 11.9 Å². The lowest BCUT2D eigenvalue weighted by Gasteiger charge is -2.34. The summed E-state index contributed by atoms with van der Waals surface area (Å²) >= 11 is 5.54. The van der Waals surface area contributed by atoms with Gasteiger partial charge in [0.2, 0.25) is 17.7 Å². The van der Waals surface area contributed by atoms with Gasteiger partial charge in [-0.15, -0.1) is 11.6 Å². The van der Waals surface area contributed by atoms with Crippen LogP contribution in [0.5, 0.6) is 0 Å². The molecule has 0 unspecified atom stereocenters. The zero-order chi connectivity index (χ0) is 15.2. The summed E-state index contributed by atoms with van der Waals surface area (Å²) in [6.45, 7) is 0.735. The van der Waals surface area contributed by atoms with Gasteiger partial charge in [-0.1, -0.05) is 18.2 Å². The van der Waals surface area contributed by atoms with Crippen molar-refractivity contribution in [3.05, 3.63) is 30.3 Å². The van der Waals surface area contributed by atoms with Crippen LogP contribution in [0, 0.1) is 0 Å². The smallest absolute Gasteiger partial charge is 0.243 e. The first kappa shape index (κ1) is 15.3. The van der Waals surface area contributed by atoms with Gasteiger partial charge >= 0.3 is 0 Å². The van der Waals surface area contributed by atoms with Crippen LogP contribution in [0.3, 0.4) is 0 Å². The molecule has 0 aliphatic carbocycles. The van der Waals surface area contributed by atoms with Crippen LogP contribution in [-0.4, -0.2) is 47.6 Å². The van der Waals surface area contributed by atoms with Crippen molar-refractivity contribution in [1.29, 1.82) is 0 Å². The van der Waals surface area contributed by atoms with Crippen molar-refractivity contribution < 1.29 is 14.4 Å². The number of alkyl halides is 1. The molecule has 2 N–H and O–H groups in total. The standard InChI is InChI=1S/C14H16ClN3O3/c15-9-13(20)18-7-6-16-14(21)11(18)8-12(19)17-10-4-2-1-3-5-10/h1-5,11H,6-9H2,(H,16,21)(H,17,19)/t11-/m1/s1. The molecule has 0 radical (unpaired) electrons. The van der Waals surface area contributed by atoms with Crippen LogP contribution in [0.15, 0.2) is 30.3 Å². The van der Waals surface area contributed by atoms with Crippen LogP contribution >= 0.6 is 11.6 Å². The summed E-state index contributed by atoms with van der Waals surface area (Å²) in [5.74, 6) is -1.20. The Hall–Kier alpha value is -2.08. The first-order valence-electron chi connectivity index (χ1n) is 6.60. The third-order valence-corrected chi connectivity index (χ3v) is 3.43. The van der Waals surface area contributed by atoms with E-state index in [-0.39, 0.29) is 30.0 Å². The molecule has 1 aliphatic rings. The first-order valence-corrected chi connectivity index (χ1v) is 7.13. The van der Waals surface area contributed by atoms with Crippen molar-refractivity contribution >= 4 is 35.0 Å². The zero-order valence-electron chi connectivity index (χ0n) is 11.3. The topological polar surface area (TPSA) is 78.5 Å². The molecule has 112 valence electrons. The predicted octanol–water partition coefficient (Wildman–Crippen LogP) is 0.581. The maximum Gasteiger partial charge on any atom is 0.243 e. The molecular weight excluding hydrogens is 294 g/mol. The predicted molar refractivity (Wildman–Crippen MR) is 78.9 cm³/mol. The molecule has 0 aromatic heterocycles. The highest BCUT2D eigenvalue weighted by Crippen LogP contribution is 2.12. The molecule has 1 heterocycles. The van der Waals surface area contributed by atoms with Gasteiger partial charge in [0.15, 0.2) is 0 Å². The van der Waals surface area contributed by atoms with Crippen LogP contribution < -0.4 is 10.6 Å². The lowest BCUT2D eigenvalue weighted by Crippen LogP contribution is -2.58. The fourth-order valence-corrected chi connectivity index (χ4v) is 2.36. The van der Waals surface area contributed by atoms with E-state index in [9.17, 15) is 14.4 Å². The van der Waals surface area contributed by atoms with Gasteiger partial charge in [-0.05, 0) is 12.1 Å². The number of hydrogen-bond acceptors (Lipinski definition) is 3. The summed E-state index contributed by atoms with van der Waals surface area (Å²) in [5.41, 5.74) is 0.647. The summed E-state index contributed by atoms with van der Waals surface area (Å²) in [6.07, 6.45) is -0.0939. The summed E-state index contributed by atoms with van der Waals surface area (Å²) in [4.78, 5) is 37.0. The highest BCUT2D eigenvalue weighted by Gasteiger charge is 2.34. The fourth-order valence-electron chi connectivity index (χ4n) is 2.20. The van der Waals surface area contributed by atoms with E-state index in [0.717, 1.165) is 0 Å². The van der Waals surface area contributed by atoms with Gasteiger partial charge in [0, 0.05) is 18.8 Å². The minimum atomic E-state index is -0.811. The van der Waals surface area contributed by atoms with E-state index in [1.807, 2.05) is 6.07 Å². The van der Waals surface area contributed by atoms with Crippen molar-refractivity contribution in [3.63, 3.8) is 0 Å². The summed E-state index contributed by atoms with van der Waals surface area (Å²) in [5, 5.41) is 5.35. The van der Waals surface area contributed by atoms with Crippen molar-refractivity contribution in [2.24, 2.45) is 0 Å². The average Bonchev–Trinajstić information content (AvgIpc) is 2.49. The minimum absolute atomic E-state index is 0.0939. The van der Waals surface area contributed by atoms with Crippen molar-refractivity contribution in [2.75, 3.05) is 24.3 Å². The van der Waals surface area contributed by atoms with E-state index < -0.39 is 6.04 Å². The van der Waals surface area contributed by atoms with Crippen LogP contribution in [0.1, 0.15) is 6.42 Å². The Morgan fingerprint density at radius 1 is 1.33 bits per heavy atom. The Bertz CT molecular complexity index is 536. The van der Waals surface area contributed by atoms with Crippen LogP contribution in [-0.2, 0) is 14.4 Å². The highest BCUT2D eigenvalue weighted by molar-refractivity contribution is 6.27. The van der Waals surface area contributed by atoms with Gasteiger partial charge in [-0.25, -0.2) is 0 Å². The molecule has 21 heavy (non-hydrogen) atoms. The average molecular weight is 310 g/mol. The number of rotatable bonds is 4. The molecule has 0 bridgehead atoms. The van der Waals surface area contributed by atoms with E-state index >= 15 is 0 Å². The molecule has 1 saturated heterocycles. The lowest BCUT2D eigenvalue weighted by molar-refractivity contribution is -0.143. The van der Waals surface area contributed by atoms with E-state index in [0.29, 0.717) is 18.8 Å². The third kappa shape index (κ3) is 3.95. The molecule has 1 aromatic rings. The van der Waals surface area contributed by atoms with E-state index in [1.54, 1.807) is 24.3 Å². The zero-order valence-corrected chi connectivity index (χ0v) is 12.1. The van der Waals surface area contributed by atoms with Gasteiger partial charge in [-0.2, -0.15) is 0 Å². The number of amides is 3. The fraction of sp³-hybridized carbons (Fsp3) is 0.357. The Kier molecular flexibility index (Phi) is 5.16. The third-order valence-electron chi connectivity index (χ3n) is 3.20. The summed E-state index contributed by atoms with van der Waals surface area (Å²) in [7, 11) is 0. The largest absolute Gasteiger partial charge is 0.353 e. The number of carbonyl (C=O) groups is 3. The van der Waals surface area contributed by atoms with Crippen LogP contribution in [0.25, 0.3) is 0 Å². The molecule has 0 saturated carbocycles. The normalized spacial score (nSPS) is 18.0. The second-order valence-corrected chi connectivity index (χ2v) is 4.91. The quantitative estimate of drug-likeness (QED) is 0.799. The molecule has 6 nitrogen and oxygen atoms in total. The van der Waals surface area contributed by atoms with Crippen molar-refractivity contribution in [2.45, 2.75) is 12.5 Å². The second kappa shape index (κ2) is 7.08.